The van der Waals surface area contributed by atoms with Crippen molar-refractivity contribution in [2.24, 2.45) is 0 Å². The minimum atomic E-state index is 0.565. The lowest BCUT2D eigenvalue weighted by atomic mass is 10.0. The van der Waals surface area contributed by atoms with Gasteiger partial charge in [0.1, 0.15) is 22.8 Å². The topological polar surface area (TPSA) is 61.4 Å². The van der Waals surface area contributed by atoms with E-state index >= 15 is 0 Å². The van der Waals surface area contributed by atoms with E-state index in [4.69, 9.17) is 0 Å². The van der Waals surface area contributed by atoms with Gasteiger partial charge in [-0.15, -0.1) is 10.2 Å². The molecule has 0 saturated heterocycles. The maximum Gasteiger partial charge on any atom is 0.122 e. The van der Waals surface area contributed by atoms with Gasteiger partial charge < -0.3 is 0 Å². The summed E-state index contributed by atoms with van der Waals surface area (Å²) in [7, 11) is 0. The van der Waals surface area contributed by atoms with Crippen molar-refractivity contribution in [3.8, 4) is 33.9 Å². The van der Waals surface area contributed by atoms with E-state index in [1.54, 1.807) is 0 Å². The van der Waals surface area contributed by atoms with Crippen LogP contribution in [0.15, 0.2) is 118 Å². The van der Waals surface area contributed by atoms with Gasteiger partial charge in [-0.3, -0.25) is 0 Å². The zero-order valence-electron chi connectivity index (χ0n) is 20.2. The fraction of sp³-hybridized carbons (Fsp3) is 0.0667. The number of benzene rings is 4. The molecule has 0 amide bonds. The lowest BCUT2D eigenvalue weighted by Crippen LogP contribution is -2.10. The molecule has 0 unspecified atom stereocenters. The summed E-state index contributed by atoms with van der Waals surface area (Å²) in [6.07, 6.45) is 0. The van der Waals surface area contributed by atoms with Crippen LogP contribution in [-0.4, -0.2) is 30.0 Å². The van der Waals surface area contributed by atoms with Crippen LogP contribution in [0.3, 0.4) is 0 Å². The Morgan fingerprint density at radius 1 is 0.474 bits per heavy atom. The molecule has 2 heterocycles. The summed E-state index contributed by atoms with van der Waals surface area (Å²) >= 11 is 7.10. The predicted molar refractivity (Wildman–Crippen MR) is 156 cm³/mol. The summed E-state index contributed by atoms with van der Waals surface area (Å²) in [4.78, 5) is 0. The first kappa shape index (κ1) is 24.5. The smallest absolute Gasteiger partial charge is 0.122 e. The predicted octanol–water partition coefficient (Wildman–Crippen LogP) is 7.49. The molecule has 0 radical (unpaired) electrons. The van der Waals surface area contributed by atoms with Crippen LogP contribution in [0, 0.1) is 0 Å². The fourth-order valence-corrected chi connectivity index (χ4v) is 4.96. The highest BCUT2D eigenvalue weighted by Crippen LogP contribution is 2.37. The molecule has 0 N–H and O–H groups in total. The first-order valence-corrected chi connectivity index (χ1v) is 13.7. The van der Waals surface area contributed by atoms with Crippen LogP contribution < -0.4 is 0 Å². The van der Waals surface area contributed by atoms with E-state index in [-0.39, 0.29) is 0 Å². The van der Waals surface area contributed by atoms with Crippen molar-refractivity contribution in [2.75, 3.05) is 0 Å². The van der Waals surface area contributed by atoms with Gasteiger partial charge in [0.15, 0.2) is 0 Å². The Labute approximate surface area is 237 Å². The molecule has 0 spiro atoms. The molecule has 0 aliphatic rings. The molecule has 0 aliphatic heterocycles. The van der Waals surface area contributed by atoms with E-state index < -0.39 is 0 Å². The SMILES string of the molecule is Brc1ccc(-c2nnn(Cc3ccccc3)c2-c2c(-c3ccc(Br)cc3)nnn2Cc2ccccc2)cc1. The third kappa shape index (κ3) is 5.10. The van der Waals surface area contributed by atoms with Gasteiger partial charge in [0, 0.05) is 20.1 Å². The summed E-state index contributed by atoms with van der Waals surface area (Å²) in [5.74, 6) is 0. The van der Waals surface area contributed by atoms with Gasteiger partial charge >= 0.3 is 0 Å². The first-order valence-electron chi connectivity index (χ1n) is 12.1. The average molecular weight is 626 g/mol. The maximum atomic E-state index is 4.69. The number of halogens is 2. The van der Waals surface area contributed by atoms with E-state index in [9.17, 15) is 0 Å². The van der Waals surface area contributed by atoms with Crippen LogP contribution in [0.25, 0.3) is 33.9 Å². The number of nitrogens with zero attached hydrogens (tertiary/aromatic N) is 6. The molecule has 2 aromatic heterocycles. The lowest BCUT2D eigenvalue weighted by molar-refractivity contribution is 0.630. The highest BCUT2D eigenvalue weighted by Gasteiger charge is 2.26. The van der Waals surface area contributed by atoms with Crippen LogP contribution in [0.5, 0.6) is 0 Å². The van der Waals surface area contributed by atoms with Crippen LogP contribution in [-0.2, 0) is 13.1 Å². The van der Waals surface area contributed by atoms with E-state index in [0.29, 0.717) is 13.1 Å². The van der Waals surface area contributed by atoms with Crippen molar-refractivity contribution in [3.63, 3.8) is 0 Å². The van der Waals surface area contributed by atoms with Gasteiger partial charge in [0.05, 0.1) is 13.1 Å². The molecule has 6 nitrogen and oxygen atoms in total. The molecular weight excluding hydrogens is 604 g/mol. The molecule has 0 aliphatic carbocycles. The van der Waals surface area contributed by atoms with Gasteiger partial charge in [-0.1, -0.05) is 127 Å². The normalized spacial score (nSPS) is 11.1. The van der Waals surface area contributed by atoms with Crippen molar-refractivity contribution in [1.82, 2.24) is 30.0 Å². The van der Waals surface area contributed by atoms with Crippen molar-refractivity contribution in [1.29, 1.82) is 0 Å². The van der Waals surface area contributed by atoms with Crippen molar-refractivity contribution < 1.29 is 0 Å². The van der Waals surface area contributed by atoms with Gasteiger partial charge in [-0.25, -0.2) is 9.36 Å². The standard InChI is InChI=1S/C30H22Br2N6/c31-25-15-11-23(12-16-25)27-29(37(35-33-27)19-21-7-3-1-4-8-21)30-28(24-13-17-26(32)18-14-24)34-36-38(30)20-22-9-5-2-6-10-22/h1-18H,19-20H2. The average Bonchev–Trinajstić information content (AvgIpc) is 3.54. The Hall–Kier alpha value is -3.88. The van der Waals surface area contributed by atoms with Crippen LogP contribution in [0.1, 0.15) is 11.1 Å². The Kier molecular flexibility index (Phi) is 6.98. The van der Waals surface area contributed by atoms with E-state index in [0.717, 1.165) is 54.0 Å². The van der Waals surface area contributed by atoms with Gasteiger partial charge in [-0.05, 0) is 35.4 Å². The molecule has 0 saturated carbocycles. The second-order valence-corrected chi connectivity index (χ2v) is 10.7. The van der Waals surface area contributed by atoms with Crippen molar-refractivity contribution in [3.05, 3.63) is 129 Å². The molecule has 186 valence electrons. The third-order valence-corrected chi connectivity index (χ3v) is 7.34. The number of hydrogen-bond donors (Lipinski definition) is 0. The molecule has 6 rings (SSSR count). The largest absolute Gasteiger partial charge is 0.238 e. The van der Waals surface area contributed by atoms with Crippen molar-refractivity contribution >= 4 is 31.9 Å². The Balaban J connectivity index is 1.58. The third-order valence-electron chi connectivity index (χ3n) is 6.28. The van der Waals surface area contributed by atoms with Crippen LogP contribution >= 0.6 is 31.9 Å². The fourth-order valence-electron chi connectivity index (χ4n) is 4.43. The summed E-state index contributed by atoms with van der Waals surface area (Å²) in [5, 5.41) is 18.7. The van der Waals surface area contributed by atoms with Crippen molar-refractivity contribution in [2.45, 2.75) is 13.1 Å². The summed E-state index contributed by atoms with van der Waals surface area (Å²) in [6.45, 7) is 1.13. The number of aromatic nitrogens is 6. The van der Waals surface area contributed by atoms with Crippen LogP contribution in [0.4, 0.5) is 0 Å². The highest BCUT2D eigenvalue weighted by atomic mass is 79.9. The van der Waals surface area contributed by atoms with E-state index in [1.807, 2.05) is 70.0 Å². The molecule has 0 atom stereocenters. The Bertz CT molecular complexity index is 1530. The molecular formula is C30H22Br2N6. The minimum absolute atomic E-state index is 0.565. The first-order chi connectivity index (χ1) is 18.7. The summed E-state index contributed by atoms with van der Waals surface area (Å²) in [5.41, 5.74) is 7.51. The second kappa shape index (κ2) is 10.8. The summed E-state index contributed by atoms with van der Waals surface area (Å²) < 4.78 is 5.92. The Morgan fingerprint density at radius 2 is 0.842 bits per heavy atom. The zero-order valence-corrected chi connectivity index (χ0v) is 23.4. The molecule has 6 aromatic rings. The summed E-state index contributed by atoms with van der Waals surface area (Å²) in [6, 6.07) is 36.9. The molecule has 8 heteroatoms. The maximum absolute atomic E-state index is 4.69. The lowest BCUT2D eigenvalue weighted by Gasteiger charge is -2.13. The highest BCUT2D eigenvalue weighted by molar-refractivity contribution is 9.10. The zero-order chi connectivity index (χ0) is 25.9. The van der Waals surface area contributed by atoms with E-state index in [2.05, 4.69) is 101 Å². The number of rotatable bonds is 7. The molecule has 38 heavy (non-hydrogen) atoms. The van der Waals surface area contributed by atoms with Gasteiger partial charge in [-0.2, -0.15) is 0 Å². The van der Waals surface area contributed by atoms with Gasteiger partial charge in [0.25, 0.3) is 0 Å². The quantitative estimate of drug-likeness (QED) is 0.184. The minimum Gasteiger partial charge on any atom is -0.238 e. The Morgan fingerprint density at radius 3 is 1.21 bits per heavy atom. The number of hydrogen-bond acceptors (Lipinski definition) is 4. The van der Waals surface area contributed by atoms with Crippen LogP contribution in [0.2, 0.25) is 0 Å². The molecule has 0 fully saturated rings. The second-order valence-electron chi connectivity index (χ2n) is 8.87. The monoisotopic (exact) mass is 624 g/mol. The van der Waals surface area contributed by atoms with Gasteiger partial charge in [0.2, 0.25) is 0 Å². The molecule has 0 bridgehead atoms. The molecule has 4 aromatic carbocycles. The van der Waals surface area contributed by atoms with E-state index in [1.165, 1.54) is 0 Å².